The predicted molar refractivity (Wildman–Crippen MR) is 59.6 cm³/mol. The molecule has 0 aliphatic carbocycles. The van der Waals surface area contributed by atoms with E-state index in [9.17, 15) is 0 Å². The average Bonchev–Trinajstić information content (AvgIpc) is 2.45. The molecule has 2 N–H and O–H groups in total. The van der Waals surface area contributed by atoms with Gasteiger partial charge in [0, 0.05) is 12.6 Å². The monoisotopic (exact) mass is 207 g/mol. The molecule has 0 amide bonds. The molecule has 0 bridgehead atoms. The molecule has 82 valence electrons. The van der Waals surface area contributed by atoms with Crippen LogP contribution in [-0.4, -0.2) is 10.7 Å². The molecule has 0 aliphatic rings. The molecule has 0 saturated carbocycles. The summed E-state index contributed by atoms with van der Waals surface area (Å²) in [5, 5.41) is 8.94. The Morgan fingerprint density at radius 3 is 2.73 bits per heavy atom. The molecule has 0 fully saturated rings. The molecular formula is C11H17N3O. The zero-order valence-electron chi connectivity index (χ0n) is 9.45. The Kier molecular flexibility index (Phi) is 3.62. The molecule has 0 radical (unpaired) electrons. The molecule has 4 nitrogen and oxygen atoms in total. The Balaban J connectivity index is 3.11. The van der Waals surface area contributed by atoms with Gasteiger partial charge < -0.3 is 15.0 Å². The number of aromatic nitrogens is 1. The molecule has 1 aromatic rings. The van der Waals surface area contributed by atoms with Gasteiger partial charge in [-0.15, -0.1) is 0 Å². The van der Waals surface area contributed by atoms with E-state index in [2.05, 4.69) is 13.0 Å². The highest BCUT2D eigenvalue weighted by molar-refractivity contribution is 5.55. The maximum Gasteiger partial charge on any atom is 0.218 e. The summed E-state index contributed by atoms with van der Waals surface area (Å²) in [7, 11) is 0. The summed E-state index contributed by atoms with van der Waals surface area (Å²) in [5.41, 5.74) is 6.90. The van der Waals surface area contributed by atoms with E-state index in [1.54, 1.807) is 6.07 Å². The summed E-state index contributed by atoms with van der Waals surface area (Å²) in [4.78, 5) is 0. The Morgan fingerprint density at radius 2 is 2.27 bits per heavy atom. The number of ether oxygens (including phenoxy) is 1. The van der Waals surface area contributed by atoms with Crippen LogP contribution in [0.4, 0.5) is 5.69 Å². The third-order valence-corrected chi connectivity index (χ3v) is 1.98. The van der Waals surface area contributed by atoms with Crippen LogP contribution in [0.1, 0.15) is 32.9 Å². The fourth-order valence-electron chi connectivity index (χ4n) is 1.45. The predicted octanol–water partition coefficient (Wildman–Crippen LogP) is 2.14. The number of rotatable bonds is 4. The van der Waals surface area contributed by atoms with Crippen LogP contribution in [-0.2, 0) is 6.54 Å². The second-order valence-electron chi connectivity index (χ2n) is 3.72. The number of anilines is 1. The van der Waals surface area contributed by atoms with E-state index in [1.807, 2.05) is 18.4 Å². The minimum absolute atomic E-state index is 0.0596. The first-order chi connectivity index (χ1) is 7.10. The van der Waals surface area contributed by atoms with E-state index in [1.165, 1.54) is 0 Å². The fraction of sp³-hybridized carbons (Fsp3) is 0.545. The average molecular weight is 207 g/mol. The zero-order chi connectivity index (χ0) is 11.4. The van der Waals surface area contributed by atoms with Gasteiger partial charge in [-0.25, -0.2) is 0 Å². The van der Waals surface area contributed by atoms with Gasteiger partial charge in [0.05, 0.1) is 11.8 Å². The number of nitriles is 1. The standard InChI is InChI=1S/C11H17N3O/c1-4-5-14-9(7-12)6-10(13)11(14)15-8(2)3/h6,8H,4-5,13H2,1-3H3. The van der Waals surface area contributed by atoms with E-state index < -0.39 is 0 Å². The Bertz CT molecular complexity index is 374. The van der Waals surface area contributed by atoms with Crippen LogP contribution in [0, 0.1) is 11.3 Å². The summed E-state index contributed by atoms with van der Waals surface area (Å²) in [6, 6.07) is 3.78. The quantitative estimate of drug-likeness (QED) is 0.822. The van der Waals surface area contributed by atoms with Crippen LogP contribution in [0.5, 0.6) is 5.88 Å². The van der Waals surface area contributed by atoms with Crippen LogP contribution in [0.25, 0.3) is 0 Å². The molecule has 0 unspecified atom stereocenters. The molecule has 0 aliphatic heterocycles. The number of nitrogens with zero attached hydrogens (tertiary/aromatic N) is 2. The van der Waals surface area contributed by atoms with Gasteiger partial charge in [-0.05, 0) is 20.3 Å². The fourth-order valence-corrected chi connectivity index (χ4v) is 1.45. The lowest BCUT2D eigenvalue weighted by molar-refractivity contribution is 0.222. The number of hydrogen-bond donors (Lipinski definition) is 1. The van der Waals surface area contributed by atoms with E-state index in [0.29, 0.717) is 17.3 Å². The molecule has 1 rings (SSSR count). The summed E-state index contributed by atoms with van der Waals surface area (Å²) in [5.74, 6) is 0.614. The van der Waals surface area contributed by atoms with Crippen molar-refractivity contribution in [2.75, 3.05) is 5.73 Å². The van der Waals surface area contributed by atoms with Crippen molar-refractivity contribution in [3.8, 4) is 11.9 Å². The van der Waals surface area contributed by atoms with Gasteiger partial charge in [0.25, 0.3) is 0 Å². The van der Waals surface area contributed by atoms with Gasteiger partial charge in [0.1, 0.15) is 11.8 Å². The molecule has 0 saturated heterocycles. The van der Waals surface area contributed by atoms with Crippen molar-refractivity contribution in [2.45, 2.75) is 39.8 Å². The summed E-state index contributed by atoms with van der Waals surface area (Å²) < 4.78 is 7.43. The second kappa shape index (κ2) is 4.74. The van der Waals surface area contributed by atoms with Crippen LogP contribution < -0.4 is 10.5 Å². The molecule has 0 atom stereocenters. The van der Waals surface area contributed by atoms with Crippen LogP contribution in [0.3, 0.4) is 0 Å². The molecule has 0 aromatic carbocycles. The second-order valence-corrected chi connectivity index (χ2v) is 3.72. The topological polar surface area (TPSA) is 64.0 Å². The van der Waals surface area contributed by atoms with Crippen molar-refractivity contribution in [3.63, 3.8) is 0 Å². The van der Waals surface area contributed by atoms with Crippen molar-refractivity contribution in [3.05, 3.63) is 11.8 Å². The van der Waals surface area contributed by atoms with E-state index in [-0.39, 0.29) is 6.10 Å². The van der Waals surface area contributed by atoms with Crippen molar-refractivity contribution < 1.29 is 4.74 Å². The van der Waals surface area contributed by atoms with Crippen LogP contribution in [0.2, 0.25) is 0 Å². The van der Waals surface area contributed by atoms with E-state index in [4.69, 9.17) is 15.7 Å². The lowest BCUT2D eigenvalue weighted by atomic mass is 10.4. The highest BCUT2D eigenvalue weighted by Crippen LogP contribution is 2.27. The molecule has 0 spiro atoms. The maximum atomic E-state index is 8.94. The van der Waals surface area contributed by atoms with Gasteiger partial charge in [-0.2, -0.15) is 5.26 Å². The van der Waals surface area contributed by atoms with Crippen molar-refractivity contribution in [1.29, 1.82) is 5.26 Å². The van der Waals surface area contributed by atoms with Crippen molar-refractivity contribution in [2.24, 2.45) is 0 Å². The minimum Gasteiger partial charge on any atom is -0.475 e. The molecule has 15 heavy (non-hydrogen) atoms. The molecule has 4 heteroatoms. The summed E-state index contributed by atoms with van der Waals surface area (Å²) in [6.07, 6.45) is 1.00. The summed E-state index contributed by atoms with van der Waals surface area (Å²) >= 11 is 0. The molecular weight excluding hydrogens is 190 g/mol. The lowest BCUT2D eigenvalue weighted by Crippen LogP contribution is -2.12. The first-order valence-corrected chi connectivity index (χ1v) is 5.15. The smallest absolute Gasteiger partial charge is 0.218 e. The van der Waals surface area contributed by atoms with Crippen LogP contribution in [0.15, 0.2) is 6.07 Å². The number of nitrogen functional groups attached to an aromatic ring is 1. The van der Waals surface area contributed by atoms with Gasteiger partial charge in [-0.1, -0.05) is 6.92 Å². The van der Waals surface area contributed by atoms with Crippen molar-refractivity contribution >= 4 is 5.69 Å². The molecule has 1 heterocycles. The van der Waals surface area contributed by atoms with E-state index >= 15 is 0 Å². The highest BCUT2D eigenvalue weighted by atomic mass is 16.5. The Morgan fingerprint density at radius 1 is 1.60 bits per heavy atom. The Labute approximate surface area is 90.3 Å². The molecule has 1 aromatic heterocycles. The largest absolute Gasteiger partial charge is 0.475 e. The number of nitrogens with two attached hydrogens (primary N) is 1. The third kappa shape index (κ3) is 2.44. The van der Waals surface area contributed by atoms with Gasteiger partial charge >= 0.3 is 0 Å². The first kappa shape index (κ1) is 11.4. The van der Waals surface area contributed by atoms with Crippen LogP contribution >= 0.6 is 0 Å². The van der Waals surface area contributed by atoms with Gasteiger partial charge in [0.2, 0.25) is 5.88 Å². The minimum atomic E-state index is 0.0596. The van der Waals surface area contributed by atoms with Gasteiger partial charge in [-0.3, -0.25) is 0 Å². The maximum absolute atomic E-state index is 8.94. The van der Waals surface area contributed by atoms with Gasteiger partial charge in [0.15, 0.2) is 0 Å². The third-order valence-electron chi connectivity index (χ3n) is 1.98. The number of hydrogen-bond acceptors (Lipinski definition) is 3. The summed E-state index contributed by atoms with van der Waals surface area (Å²) in [6.45, 7) is 6.68. The highest BCUT2D eigenvalue weighted by Gasteiger charge is 2.14. The zero-order valence-corrected chi connectivity index (χ0v) is 9.45. The first-order valence-electron chi connectivity index (χ1n) is 5.15. The van der Waals surface area contributed by atoms with Crippen molar-refractivity contribution in [1.82, 2.24) is 4.57 Å². The normalized spacial score (nSPS) is 10.3. The lowest BCUT2D eigenvalue weighted by Gasteiger charge is -2.14. The Hall–Kier alpha value is -1.63. The van der Waals surface area contributed by atoms with E-state index in [0.717, 1.165) is 13.0 Å². The SMILES string of the molecule is CCCn1c(C#N)cc(N)c1OC(C)C.